The molecule has 120 valence electrons. The summed E-state index contributed by atoms with van der Waals surface area (Å²) < 4.78 is 10.7. The van der Waals surface area contributed by atoms with Gasteiger partial charge < -0.3 is 14.8 Å². The Morgan fingerprint density at radius 1 is 1.09 bits per heavy atom. The number of anilines is 1. The van der Waals surface area contributed by atoms with Gasteiger partial charge in [0.05, 0.1) is 13.2 Å². The lowest BCUT2D eigenvalue weighted by molar-refractivity contribution is -0.111. The topological polar surface area (TPSA) is 47.6 Å². The first-order chi connectivity index (χ1) is 11.1. The van der Waals surface area contributed by atoms with Crippen molar-refractivity contribution >= 4 is 17.7 Å². The van der Waals surface area contributed by atoms with E-state index < -0.39 is 0 Å². The molecule has 2 aromatic rings. The number of methoxy groups -OCH3 is 1. The quantitative estimate of drug-likeness (QED) is 0.816. The molecule has 0 aliphatic heterocycles. The van der Waals surface area contributed by atoms with E-state index in [-0.39, 0.29) is 12.0 Å². The van der Waals surface area contributed by atoms with Crippen molar-refractivity contribution in [2.45, 2.75) is 20.0 Å². The van der Waals surface area contributed by atoms with E-state index in [1.807, 2.05) is 56.3 Å². The number of benzene rings is 2. The zero-order valence-electron chi connectivity index (χ0n) is 13.6. The van der Waals surface area contributed by atoms with E-state index in [4.69, 9.17) is 9.47 Å². The summed E-state index contributed by atoms with van der Waals surface area (Å²) in [6.45, 7) is 3.92. The molecule has 1 amide bonds. The molecular weight excluding hydrogens is 290 g/mol. The van der Waals surface area contributed by atoms with Crippen LogP contribution in [0.3, 0.4) is 0 Å². The summed E-state index contributed by atoms with van der Waals surface area (Å²) in [5.74, 6) is 1.33. The summed E-state index contributed by atoms with van der Waals surface area (Å²) in [5, 5.41) is 2.82. The van der Waals surface area contributed by atoms with E-state index in [1.165, 1.54) is 6.08 Å². The molecule has 0 aliphatic carbocycles. The van der Waals surface area contributed by atoms with Crippen LogP contribution < -0.4 is 14.8 Å². The van der Waals surface area contributed by atoms with Crippen LogP contribution in [0.15, 0.2) is 54.6 Å². The number of amides is 1. The highest BCUT2D eigenvalue weighted by molar-refractivity contribution is 6.02. The van der Waals surface area contributed by atoms with E-state index in [0.29, 0.717) is 5.69 Å². The van der Waals surface area contributed by atoms with Gasteiger partial charge in [-0.1, -0.05) is 18.2 Å². The van der Waals surface area contributed by atoms with Crippen LogP contribution in [0, 0.1) is 0 Å². The first-order valence-electron chi connectivity index (χ1n) is 7.46. The van der Waals surface area contributed by atoms with Gasteiger partial charge in [0, 0.05) is 17.8 Å². The summed E-state index contributed by atoms with van der Waals surface area (Å²) in [6, 6.07) is 14.8. The van der Waals surface area contributed by atoms with Gasteiger partial charge in [0.1, 0.15) is 11.5 Å². The molecule has 0 atom stereocenters. The Kier molecular flexibility index (Phi) is 5.80. The molecule has 2 rings (SSSR count). The lowest BCUT2D eigenvalue weighted by Crippen LogP contribution is -2.09. The van der Waals surface area contributed by atoms with Crippen molar-refractivity contribution in [2.24, 2.45) is 0 Å². The first kappa shape index (κ1) is 16.6. The Labute approximate surface area is 136 Å². The van der Waals surface area contributed by atoms with Crippen molar-refractivity contribution in [1.82, 2.24) is 0 Å². The fourth-order valence-electron chi connectivity index (χ4n) is 1.99. The molecule has 2 aromatic carbocycles. The Morgan fingerprint density at radius 3 is 2.48 bits per heavy atom. The highest BCUT2D eigenvalue weighted by atomic mass is 16.5. The molecule has 23 heavy (non-hydrogen) atoms. The summed E-state index contributed by atoms with van der Waals surface area (Å²) in [4.78, 5) is 12.0. The molecular formula is C19H21NO3. The number of hydrogen-bond donors (Lipinski definition) is 1. The van der Waals surface area contributed by atoms with Gasteiger partial charge in [-0.3, -0.25) is 4.79 Å². The minimum absolute atomic E-state index is 0.0934. The van der Waals surface area contributed by atoms with Gasteiger partial charge in [0.2, 0.25) is 5.91 Å². The van der Waals surface area contributed by atoms with Crippen LogP contribution in [0.1, 0.15) is 19.4 Å². The lowest BCUT2D eigenvalue weighted by Gasteiger charge is -2.10. The van der Waals surface area contributed by atoms with Crippen LogP contribution in [0.4, 0.5) is 5.69 Å². The van der Waals surface area contributed by atoms with E-state index in [0.717, 1.165) is 17.1 Å². The minimum Gasteiger partial charge on any atom is -0.497 e. The largest absolute Gasteiger partial charge is 0.497 e. The predicted molar refractivity (Wildman–Crippen MR) is 92.9 cm³/mol. The van der Waals surface area contributed by atoms with Gasteiger partial charge in [-0.15, -0.1) is 0 Å². The summed E-state index contributed by atoms with van der Waals surface area (Å²) in [7, 11) is 1.62. The second-order valence-corrected chi connectivity index (χ2v) is 5.29. The molecule has 1 N–H and O–H groups in total. The van der Waals surface area contributed by atoms with E-state index in [2.05, 4.69) is 5.32 Å². The van der Waals surface area contributed by atoms with Gasteiger partial charge in [-0.25, -0.2) is 0 Å². The van der Waals surface area contributed by atoms with Crippen molar-refractivity contribution in [3.05, 3.63) is 60.2 Å². The number of carbonyl (C=O) groups is 1. The zero-order valence-corrected chi connectivity index (χ0v) is 13.6. The molecule has 4 nitrogen and oxygen atoms in total. The van der Waals surface area contributed by atoms with E-state index in [9.17, 15) is 4.79 Å². The molecule has 0 fully saturated rings. The second kappa shape index (κ2) is 8.03. The lowest BCUT2D eigenvalue weighted by atomic mass is 10.2. The standard InChI is InChI=1S/C19H21NO3/c1-14(2)23-18-6-4-5-16(13-18)20-19(21)12-9-15-7-10-17(22-3)11-8-15/h4-14H,1-3H3,(H,20,21)/b12-9+. The molecule has 0 radical (unpaired) electrons. The maximum atomic E-state index is 12.0. The molecule has 0 unspecified atom stereocenters. The number of rotatable bonds is 6. The van der Waals surface area contributed by atoms with Crippen LogP contribution in [-0.4, -0.2) is 19.1 Å². The number of nitrogens with one attached hydrogen (secondary N) is 1. The third-order valence-corrected chi connectivity index (χ3v) is 3.02. The Balaban J connectivity index is 1.97. The number of hydrogen-bond acceptors (Lipinski definition) is 3. The Morgan fingerprint density at radius 2 is 1.83 bits per heavy atom. The summed E-state index contributed by atoms with van der Waals surface area (Å²) >= 11 is 0. The fourth-order valence-corrected chi connectivity index (χ4v) is 1.99. The van der Waals surface area contributed by atoms with Crippen LogP contribution in [0.2, 0.25) is 0 Å². The van der Waals surface area contributed by atoms with Gasteiger partial charge >= 0.3 is 0 Å². The van der Waals surface area contributed by atoms with Crippen LogP contribution in [0.5, 0.6) is 11.5 Å². The van der Waals surface area contributed by atoms with Crippen LogP contribution in [-0.2, 0) is 4.79 Å². The maximum Gasteiger partial charge on any atom is 0.248 e. The molecule has 0 saturated heterocycles. The second-order valence-electron chi connectivity index (χ2n) is 5.29. The van der Waals surface area contributed by atoms with E-state index >= 15 is 0 Å². The SMILES string of the molecule is COc1ccc(/C=C/C(=O)Nc2cccc(OC(C)C)c2)cc1. The first-order valence-corrected chi connectivity index (χ1v) is 7.46. The monoisotopic (exact) mass is 311 g/mol. The molecule has 0 aliphatic rings. The molecule has 4 heteroatoms. The highest BCUT2D eigenvalue weighted by Crippen LogP contribution is 2.18. The molecule has 0 spiro atoms. The van der Waals surface area contributed by atoms with Crippen LogP contribution in [0.25, 0.3) is 6.08 Å². The minimum atomic E-state index is -0.192. The van der Waals surface area contributed by atoms with Gasteiger partial charge in [-0.05, 0) is 49.8 Å². The predicted octanol–water partition coefficient (Wildman–Crippen LogP) is 4.13. The van der Waals surface area contributed by atoms with Crippen molar-refractivity contribution in [3.8, 4) is 11.5 Å². The summed E-state index contributed by atoms with van der Waals surface area (Å²) in [5.41, 5.74) is 1.63. The molecule has 0 heterocycles. The Bertz CT molecular complexity index is 675. The van der Waals surface area contributed by atoms with Crippen molar-refractivity contribution in [3.63, 3.8) is 0 Å². The number of carbonyl (C=O) groups excluding carboxylic acids is 1. The summed E-state index contributed by atoms with van der Waals surface area (Å²) in [6.07, 6.45) is 3.34. The van der Waals surface area contributed by atoms with Gasteiger partial charge in [0.15, 0.2) is 0 Å². The average molecular weight is 311 g/mol. The third-order valence-electron chi connectivity index (χ3n) is 3.02. The van der Waals surface area contributed by atoms with Gasteiger partial charge in [-0.2, -0.15) is 0 Å². The Hall–Kier alpha value is -2.75. The smallest absolute Gasteiger partial charge is 0.248 e. The van der Waals surface area contributed by atoms with E-state index in [1.54, 1.807) is 19.3 Å². The van der Waals surface area contributed by atoms with Gasteiger partial charge in [0.25, 0.3) is 0 Å². The van der Waals surface area contributed by atoms with Crippen molar-refractivity contribution in [2.75, 3.05) is 12.4 Å². The molecule has 0 bridgehead atoms. The highest BCUT2D eigenvalue weighted by Gasteiger charge is 2.02. The van der Waals surface area contributed by atoms with Crippen LogP contribution >= 0.6 is 0 Å². The molecule has 0 saturated carbocycles. The fraction of sp³-hybridized carbons (Fsp3) is 0.211. The van der Waals surface area contributed by atoms with Crippen molar-refractivity contribution < 1.29 is 14.3 Å². The van der Waals surface area contributed by atoms with Crippen molar-refractivity contribution in [1.29, 1.82) is 0 Å². The maximum absolute atomic E-state index is 12.0. The zero-order chi connectivity index (χ0) is 16.7. The normalized spacial score (nSPS) is 10.8. The number of ether oxygens (including phenoxy) is 2. The average Bonchev–Trinajstić information content (AvgIpc) is 2.53. The third kappa shape index (κ3) is 5.51. The molecule has 0 aromatic heterocycles.